The first kappa shape index (κ1) is 18.0. The van der Waals surface area contributed by atoms with E-state index in [2.05, 4.69) is 32.7 Å². The van der Waals surface area contributed by atoms with Crippen molar-refractivity contribution in [3.05, 3.63) is 29.8 Å². The van der Waals surface area contributed by atoms with Gasteiger partial charge in [-0.1, -0.05) is 12.1 Å². The fourth-order valence-corrected chi connectivity index (χ4v) is 1.89. The predicted octanol–water partition coefficient (Wildman–Crippen LogP) is 1.68. The fraction of sp³-hybridized carbons (Fsp3) is 0.533. The van der Waals surface area contributed by atoms with Crippen molar-refractivity contribution in [1.82, 2.24) is 15.5 Å². The van der Waals surface area contributed by atoms with E-state index in [1.165, 1.54) is 5.56 Å². The highest BCUT2D eigenvalue weighted by atomic mass is 127. The Labute approximate surface area is 144 Å². The van der Waals surface area contributed by atoms with Crippen LogP contribution in [-0.2, 0) is 6.54 Å². The SMILES string of the molecule is CN(C)CCOc1ccc(CNC2=NCCCN2)cc1.I. The number of nitrogens with zero attached hydrogens (tertiary/aromatic N) is 2. The van der Waals surface area contributed by atoms with Crippen molar-refractivity contribution < 1.29 is 4.74 Å². The largest absolute Gasteiger partial charge is 0.492 e. The molecule has 118 valence electrons. The van der Waals surface area contributed by atoms with Gasteiger partial charge in [0, 0.05) is 26.2 Å². The van der Waals surface area contributed by atoms with E-state index >= 15 is 0 Å². The Balaban J connectivity index is 0.00000220. The summed E-state index contributed by atoms with van der Waals surface area (Å²) in [6.45, 7) is 4.34. The number of likely N-dealkylation sites (N-methyl/N-ethyl adjacent to an activating group) is 1. The summed E-state index contributed by atoms with van der Waals surface area (Å²) in [5.41, 5.74) is 1.22. The van der Waals surface area contributed by atoms with Crippen molar-refractivity contribution in [2.75, 3.05) is 40.3 Å². The maximum atomic E-state index is 5.67. The molecule has 1 aliphatic heterocycles. The van der Waals surface area contributed by atoms with Gasteiger partial charge >= 0.3 is 0 Å². The number of benzene rings is 1. The van der Waals surface area contributed by atoms with Gasteiger partial charge in [-0.3, -0.25) is 4.99 Å². The lowest BCUT2D eigenvalue weighted by Crippen LogP contribution is -2.40. The van der Waals surface area contributed by atoms with Crippen LogP contribution in [0.15, 0.2) is 29.3 Å². The van der Waals surface area contributed by atoms with Crippen LogP contribution in [0.5, 0.6) is 5.75 Å². The van der Waals surface area contributed by atoms with E-state index in [1.54, 1.807) is 0 Å². The molecule has 0 saturated heterocycles. The molecule has 1 heterocycles. The van der Waals surface area contributed by atoms with Gasteiger partial charge in [-0.2, -0.15) is 0 Å². The van der Waals surface area contributed by atoms with E-state index in [0.29, 0.717) is 6.61 Å². The first-order valence-corrected chi connectivity index (χ1v) is 7.13. The molecule has 6 heteroatoms. The first-order chi connectivity index (χ1) is 9.74. The Hall–Kier alpha value is -1.02. The van der Waals surface area contributed by atoms with E-state index < -0.39 is 0 Å². The molecule has 0 saturated carbocycles. The molecular weight excluding hydrogens is 379 g/mol. The highest BCUT2D eigenvalue weighted by Crippen LogP contribution is 2.12. The van der Waals surface area contributed by atoms with E-state index in [9.17, 15) is 0 Å². The highest BCUT2D eigenvalue weighted by molar-refractivity contribution is 14.0. The Bertz CT molecular complexity index is 434. The molecule has 1 aromatic rings. The molecule has 0 amide bonds. The van der Waals surface area contributed by atoms with E-state index in [-0.39, 0.29) is 24.0 Å². The van der Waals surface area contributed by atoms with Crippen molar-refractivity contribution in [2.45, 2.75) is 13.0 Å². The number of ether oxygens (including phenoxy) is 1. The lowest BCUT2D eigenvalue weighted by molar-refractivity contribution is 0.261. The van der Waals surface area contributed by atoms with Crippen LogP contribution in [0.2, 0.25) is 0 Å². The lowest BCUT2D eigenvalue weighted by atomic mass is 10.2. The summed E-state index contributed by atoms with van der Waals surface area (Å²) in [5.74, 6) is 1.83. The second-order valence-electron chi connectivity index (χ2n) is 5.16. The van der Waals surface area contributed by atoms with Crippen LogP contribution in [0.3, 0.4) is 0 Å². The number of guanidine groups is 1. The van der Waals surface area contributed by atoms with Crippen LogP contribution in [0.1, 0.15) is 12.0 Å². The van der Waals surface area contributed by atoms with Crippen molar-refractivity contribution in [1.29, 1.82) is 0 Å². The van der Waals surface area contributed by atoms with Gasteiger partial charge in [0.25, 0.3) is 0 Å². The average Bonchev–Trinajstić information content (AvgIpc) is 2.47. The Morgan fingerprint density at radius 2 is 2.05 bits per heavy atom. The van der Waals surface area contributed by atoms with Crippen molar-refractivity contribution in [2.24, 2.45) is 4.99 Å². The molecule has 2 N–H and O–H groups in total. The summed E-state index contributed by atoms with van der Waals surface area (Å²) < 4.78 is 5.67. The molecule has 0 aromatic heterocycles. The fourth-order valence-electron chi connectivity index (χ4n) is 1.89. The van der Waals surface area contributed by atoms with Crippen molar-refractivity contribution in [3.63, 3.8) is 0 Å². The molecule has 5 nitrogen and oxygen atoms in total. The zero-order valence-electron chi connectivity index (χ0n) is 12.8. The van der Waals surface area contributed by atoms with Gasteiger partial charge in [-0.05, 0) is 38.2 Å². The number of hydrogen-bond acceptors (Lipinski definition) is 5. The minimum atomic E-state index is 0. The minimum absolute atomic E-state index is 0. The monoisotopic (exact) mass is 404 g/mol. The first-order valence-electron chi connectivity index (χ1n) is 7.13. The lowest BCUT2D eigenvalue weighted by Gasteiger charge is -2.16. The Kier molecular flexibility index (Phi) is 8.44. The maximum absolute atomic E-state index is 5.67. The molecular formula is C15H25IN4O. The molecule has 2 rings (SSSR count). The molecule has 1 aliphatic rings. The third-order valence-corrected chi connectivity index (χ3v) is 3.09. The van der Waals surface area contributed by atoms with Crippen LogP contribution in [0, 0.1) is 0 Å². The normalized spacial score (nSPS) is 14.0. The van der Waals surface area contributed by atoms with Crippen LogP contribution in [-0.4, -0.2) is 51.2 Å². The second-order valence-corrected chi connectivity index (χ2v) is 5.16. The van der Waals surface area contributed by atoms with Gasteiger partial charge < -0.3 is 20.3 Å². The number of hydrogen-bond donors (Lipinski definition) is 2. The minimum Gasteiger partial charge on any atom is -0.492 e. The van der Waals surface area contributed by atoms with Crippen molar-refractivity contribution in [3.8, 4) is 5.75 Å². The van der Waals surface area contributed by atoms with Crippen molar-refractivity contribution >= 4 is 29.9 Å². The van der Waals surface area contributed by atoms with Crippen LogP contribution in [0.25, 0.3) is 0 Å². The molecule has 21 heavy (non-hydrogen) atoms. The van der Waals surface area contributed by atoms with Gasteiger partial charge in [0.1, 0.15) is 12.4 Å². The van der Waals surface area contributed by atoms with Crippen LogP contribution < -0.4 is 15.4 Å². The summed E-state index contributed by atoms with van der Waals surface area (Å²) in [7, 11) is 4.08. The molecule has 0 radical (unpaired) electrons. The third kappa shape index (κ3) is 6.99. The van der Waals surface area contributed by atoms with Gasteiger partial charge in [-0.15, -0.1) is 24.0 Å². The summed E-state index contributed by atoms with van der Waals surface area (Å²) in [5, 5.41) is 6.56. The third-order valence-electron chi connectivity index (χ3n) is 3.09. The van der Waals surface area contributed by atoms with Gasteiger partial charge in [0.05, 0.1) is 0 Å². The zero-order valence-corrected chi connectivity index (χ0v) is 15.1. The number of aliphatic imine (C=N–C) groups is 1. The number of halogens is 1. The van der Waals surface area contributed by atoms with Crippen LogP contribution >= 0.6 is 24.0 Å². The predicted molar refractivity (Wildman–Crippen MR) is 97.7 cm³/mol. The van der Waals surface area contributed by atoms with Gasteiger partial charge in [0.2, 0.25) is 0 Å². The van der Waals surface area contributed by atoms with Gasteiger partial charge in [-0.25, -0.2) is 0 Å². The molecule has 0 fully saturated rings. The smallest absolute Gasteiger partial charge is 0.191 e. The molecule has 0 spiro atoms. The van der Waals surface area contributed by atoms with E-state index in [4.69, 9.17) is 4.74 Å². The molecule has 1 aromatic carbocycles. The summed E-state index contributed by atoms with van der Waals surface area (Å²) in [6.07, 6.45) is 1.12. The number of rotatable bonds is 6. The average molecular weight is 404 g/mol. The highest BCUT2D eigenvalue weighted by Gasteiger charge is 2.03. The maximum Gasteiger partial charge on any atom is 0.191 e. The van der Waals surface area contributed by atoms with E-state index in [0.717, 1.165) is 44.3 Å². The van der Waals surface area contributed by atoms with Gasteiger partial charge in [0.15, 0.2) is 5.96 Å². The van der Waals surface area contributed by atoms with Crippen LogP contribution in [0.4, 0.5) is 0 Å². The molecule has 0 aliphatic carbocycles. The standard InChI is InChI=1S/C15H24N4O.HI/c1-19(2)10-11-20-14-6-4-13(5-7-14)12-18-15-16-8-3-9-17-15;/h4-7H,3,8-12H2,1-2H3,(H2,16,17,18);1H. The topological polar surface area (TPSA) is 48.9 Å². The molecule has 0 bridgehead atoms. The second kappa shape index (κ2) is 9.83. The molecule has 0 unspecified atom stereocenters. The van der Waals surface area contributed by atoms with E-state index in [1.807, 2.05) is 26.2 Å². The quantitative estimate of drug-likeness (QED) is 0.709. The summed E-state index contributed by atoms with van der Waals surface area (Å²) in [4.78, 5) is 6.49. The molecule has 0 atom stereocenters. The zero-order chi connectivity index (χ0) is 14.2. The summed E-state index contributed by atoms with van der Waals surface area (Å²) in [6, 6.07) is 8.20. The Morgan fingerprint density at radius 1 is 1.29 bits per heavy atom. The Morgan fingerprint density at radius 3 is 2.67 bits per heavy atom. The number of nitrogens with one attached hydrogen (secondary N) is 2. The summed E-state index contributed by atoms with van der Waals surface area (Å²) >= 11 is 0.